The summed E-state index contributed by atoms with van der Waals surface area (Å²) in [5.74, 6) is -0.382. The molecule has 2 heterocycles. The number of fused-ring (bicyclic) bond motifs is 2. The Balaban J connectivity index is 1.54. The minimum atomic E-state index is -3.68. The third-order valence-corrected chi connectivity index (χ3v) is 9.68. The van der Waals surface area contributed by atoms with Gasteiger partial charge >= 0.3 is 5.97 Å². The second-order valence-electron chi connectivity index (χ2n) is 10.5. The first-order valence-corrected chi connectivity index (χ1v) is 14.6. The van der Waals surface area contributed by atoms with Gasteiger partial charge in [-0.25, -0.2) is 13.1 Å². The van der Waals surface area contributed by atoms with Gasteiger partial charge in [0.2, 0.25) is 10.0 Å². The monoisotopic (exact) mass is 546 g/mol. The van der Waals surface area contributed by atoms with Crippen molar-refractivity contribution in [1.29, 1.82) is 0 Å². The van der Waals surface area contributed by atoms with Crippen LogP contribution in [-0.2, 0) is 39.6 Å². The summed E-state index contributed by atoms with van der Waals surface area (Å²) in [5.41, 5.74) is 6.27. The van der Waals surface area contributed by atoms with Crippen molar-refractivity contribution in [1.82, 2.24) is 19.3 Å². The quantitative estimate of drug-likeness (QED) is 0.324. The number of ether oxygens (including phenoxy) is 1. The first-order chi connectivity index (χ1) is 18.7. The molecule has 0 radical (unpaired) electrons. The van der Waals surface area contributed by atoms with Gasteiger partial charge in [-0.05, 0) is 71.7 Å². The maximum atomic E-state index is 13.8. The van der Waals surface area contributed by atoms with E-state index in [9.17, 15) is 13.2 Å². The highest BCUT2D eigenvalue weighted by atomic mass is 32.2. The molecule has 0 bridgehead atoms. The number of sulfonamides is 1. The Morgan fingerprint density at radius 3 is 2.64 bits per heavy atom. The van der Waals surface area contributed by atoms with Crippen molar-refractivity contribution in [2.75, 3.05) is 13.7 Å². The molecule has 0 saturated carbocycles. The molecule has 5 rings (SSSR count). The van der Waals surface area contributed by atoms with Crippen LogP contribution in [0.15, 0.2) is 65.6 Å². The Labute approximate surface area is 229 Å². The molecular weight excluding hydrogens is 512 g/mol. The molecule has 0 aliphatic carbocycles. The number of aromatic nitrogens is 3. The van der Waals surface area contributed by atoms with Crippen molar-refractivity contribution in [3.63, 3.8) is 0 Å². The molecule has 3 aromatic carbocycles. The first-order valence-electron chi connectivity index (χ1n) is 13.2. The van der Waals surface area contributed by atoms with Crippen molar-refractivity contribution in [2.45, 2.75) is 50.5 Å². The lowest BCUT2D eigenvalue weighted by Crippen LogP contribution is -2.36. The summed E-state index contributed by atoms with van der Waals surface area (Å²) in [6.45, 7) is 4.81. The van der Waals surface area contributed by atoms with E-state index >= 15 is 0 Å². The van der Waals surface area contributed by atoms with E-state index in [2.05, 4.69) is 17.2 Å². The normalized spacial score (nSPS) is 18.2. The molecule has 9 heteroatoms. The molecule has 1 unspecified atom stereocenters. The molecule has 0 amide bonds. The minimum absolute atomic E-state index is 0.150. The maximum absolute atomic E-state index is 13.8. The van der Waals surface area contributed by atoms with Gasteiger partial charge in [0.05, 0.1) is 23.9 Å². The Morgan fingerprint density at radius 2 is 1.85 bits per heavy atom. The van der Waals surface area contributed by atoms with Gasteiger partial charge in [-0.2, -0.15) is 4.31 Å². The number of esters is 1. The van der Waals surface area contributed by atoms with E-state index in [-0.39, 0.29) is 30.8 Å². The number of carbonyl (C=O) groups is 1. The minimum Gasteiger partial charge on any atom is -0.469 e. The zero-order valence-electron chi connectivity index (χ0n) is 22.8. The largest absolute Gasteiger partial charge is 0.469 e. The number of hydrogen-bond acceptors (Lipinski definition) is 6. The van der Waals surface area contributed by atoms with Gasteiger partial charge in [0.15, 0.2) is 0 Å². The van der Waals surface area contributed by atoms with Crippen LogP contribution in [-0.4, -0.2) is 47.3 Å². The predicted octanol–water partition coefficient (Wildman–Crippen LogP) is 4.74. The Kier molecular flexibility index (Phi) is 7.55. The van der Waals surface area contributed by atoms with Gasteiger partial charge in [0.1, 0.15) is 5.52 Å². The summed E-state index contributed by atoms with van der Waals surface area (Å²) in [6, 6.07) is 19.3. The van der Waals surface area contributed by atoms with Gasteiger partial charge in [-0.1, -0.05) is 54.6 Å². The molecule has 0 saturated heterocycles. The molecule has 39 heavy (non-hydrogen) atoms. The highest BCUT2D eigenvalue weighted by Gasteiger charge is 2.31. The van der Waals surface area contributed by atoms with Crippen LogP contribution in [0.1, 0.15) is 53.5 Å². The van der Waals surface area contributed by atoms with Crippen LogP contribution >= 0.6 is 0 Å². The van der Waals surface area contributed by atoms with Gasteiger partial charge < -0.3 is 4.74 Å². The van der Waals surface area contributed by atoms with Crippen LogP contribution in [0.25, 0.3) is 11.0 Å². The lowest BCUT2D eigenvalue weighted by molar-refractivity contribution is -0.140. The number of aryl methyl sites for hydroxylation is 3. The lowest BCUT2D eigenvalue weighted by atomic mass is 9.86. The average molecular weight is 547 g/mol. The molecule has 0 spiro atoms. The Hall–Kier alpha value is -3.56. The summed E-state index contributed by atoms with van der Waals surface area (Å²) in [5, 5.41) is 8.34. The van der Waals surface area contributed by atoms with E-state index in [1.807, 2.05) is 62.5 Å². The van der Waals surface area contributed by atoms with Crippen LogP contribution in [0.2, 0.25) is 0 Å². The van der Waals surface area contributed by atoms with E-state index < -0.39 is 10.0 Å². The fourth-order valence-electron chi connectivity index (χ4n) is 5.41. The van der Waals surface area contributed by atoms with Crippen LogP contribution in [0.4, 0.5) is 0 Å². The molecular formula is C30H34N4O4S. The van der Waals surface area contributed by atoms with Crippen molar-refractivity contribution in [3.05, 3.63) is 88.5 Å². The molecule has 1 aromatic heterocycles. The van der Waals surface area contributed by atoms with Gasteiger partial charge in [0, 0.05) is 26.1 Å². The molecule has 8 nitrogen and oxygen atoms in total. The first kappa shape index (κ1) is 27.0. The summed E-state index contributed by atoms with van der Waals surface area (Å²) < 4.78 is 36.0. The summed E-state index contributed by atoms with van der Waals surface area (Å²) >= 11 is 0. The molecule has 1 aliphatic heterocycles. The van der Waals surface area contributed by atoms with Gasteiger partial charge in [-0.15, -0.1) is 5.10 Å². The summed E-state index contributed by atoms with van der Waals surface area (Å²) in [6.07, 6.45) is 1.83. The van der Waals surface area contributed by atoms with E-state index in [1.54, 1.807) is 21.1 Å². The van der Waals surface area contributed by atoms with Crippen molar-refractivity contribution in [2.24, 2.45) is 13.0 Å². The summed E-state index contributed by atoms with van der Waals surface area (Å²) in [4.78, 5) is 12.9. The zero-order chi connectivity index (χ0) is 27.7. The zero-order valence-corrected chi connectivity index (χ0v) is 23.6. The second kappa shape index (κ2) is 10.9. The third kappa shape index (κ3) is 5.46. The Morgan fingerprint density at radius 1 is 1.10 bits per heavy atom. The highest BCUT2D eigenvalue weighted by molar-refractivity contribution is 7.89. The number of rotatable bonds is 6. The van der Waals surface area contributed by atoms with Gasteiger partial charge in [-0.3, -0.25) is 4.79 Å². The van der Waals surface area contributed by atoms with E-state index in [4.69, 9.17) is 4.74 Å². The van der Waals surface area contributed by atoms with E-state index in [1.165, 1.54) is 7.11 Å². The number of nitrogens with zero attached hydrogens (tertiary/aromatic N) is 4. The molecule has 2 atom stereocenters. The maximum Gasteiger partial charge on any atom is 0.306 e. The SMILES string of the molecule is COC(=O)CC(c1ccc(C)c(CN2C[C@@H](C)CCc3ccccc3S2(=O)=O)c1)c1ccc2c(c1)nnn2C. The number of hydrogen-bond donors (Lipinski definition) is 0. The smallest absolute Gasteiger partial charge is 0.306 e. The molecule has 0 fully saturated rings. The average Bonchev–Trinajstić information content (AvgIpc) is 3.30. The number of benzene rings is 3. The molecule has 0 N–H and O–H groups in total. The fraction of sp³-hybridized carbons (Fsp3) is 0.367. The van der Waals surface area contributed by atoms with Crippen LogP contribution in [0, 0.1) is 12.8 Å². The van der Waals surface area contributed by atoms with Crippen LogP contribution in [0.5, 0.6) is 0 Å². The molecule has 1 aliphatic rings. The van der Waals surface area contributed by atoms with Crippen molar-refractivity contribution in [3.8, 4) is 0 Å². The third-order valence-electron chi connectivity index (χ3n) is 7.77. The van der Waals surface area contributed by atoms with Crippen molar-refractivity contribution >= 4 is 27.0 Å². The summed E-state index contributed by atoms with van der Waals surface area (Å²) in [7, 11) is -0.454. The number of carbonyl (C=O) groups excluding carboxylic acids is 1. The molecule has 204 valence electrons. The number of methoxy groups -OCH3 is 1. The highest BCUT2D eigenvalue weighted by Crippen LogP contribution is 2.33. The van der Waals surface area contributed by atoms with Crippen LogP contribution in [0.3, 0.4) is 0 Å². The molecule has 4 aromatic rings. The van der Waals surface area contributed by atoms with E-state index in [0.29, 0.717) is 11.4 Å². The fourth-order valence-corrected chi connectivity index (χ4v) is 7.20. The topological polar surface area (TPSA) is 94.4 Å². The van der Waals surface area contributed by atoms with Crippen molar-refractivity contribution < 1.29 is 17.9 Å². The standard InChI is InChI=1S/C30H34N4O4S/c1-20-9-11-22-7-5-6-8-29(22)39(36,37)34(18-20)19-25-15-23(12-10-21(25)2)26(17-30(35)38-4)24-13-14-28-27(16-24)31-32-33(28)3/h5-8,10,12-16,20,26H,9,11,17-19H2,1-4H3/t20-,26?/m0/s1. The van der Waals surface area contributed by atoms with E-state index in [0.717, 1.165) is 51.7 Å². The Bertz CT molecular complexity index is 1630. The predicted molar refractivity (Wildman–Crippen MR) is 150 cm³/mol. The second-order valence-corrected chi connectivity index (χ2v) is 12.4. The lowest BCUT2D eigenvalue weighted by Gasteiger charge is -2.30. The van der Waals surface area contributed by atoms with Crippen LogP contribution < -0.4 is 0 Å². The van der Waals surface area contributed by atoms with Gasteiger partial charge in [0.25, 0.3) is 0 Å².